The fourth-order valence-electron chi connectivity index (χ4n) is 3.05. The van der Waals surface area contributed by atoms with Crippen molar-refractivity contribution in [3.8, 4) is 5.75 Å². The zero-order valence-electron chi connectivity index (χ0n) is 13.7. The second kappa shape index (κ2) is 7.47. The van der Waals surface area contributed by atoms with Crippen molar-refractivity contribution in [1.29, 1.82) is 0 Å². The molecule has 0 aliphatic heterocycles. The van der Waals surface area contributed by atoms with E-state index in [-0.39, 0.29) is 12.1 Å². The number of hydrogen-bond donors (Lipinski definition) is 2. The van der Waals surface area contributed by atoms with Crippen molar-refractivity contribution in [3.05, 3.63) is 52.2 Å². The van der Waals surface area contributed by atoms with E-state index in [1.54, 1.807) is 18.4 Å². The van der Waals surface area contributed by atoms with Crippen LogP contribution in [0.1, 0.15) is 48.8 Å². The van der Waals surface area contributed by atoms with Crippen LogP contribution in [0.2, 0.25) is 0 Å². The molecule has 124 valence electrons. The van der Waals surface area contributed by atoms with E-state index < -0.39 is 0 Å². The maximum atomic E-state index is 10.3. The fraction of sp³-hybridized carbons (Fsp3) is 0.474. The van der Waals surface area contributed by atoms with Crippen LogP contribution in [0.5, 0.6) is 5.75 Å². The average molecular weight is 331 g/mol. The summed E-state index contributed by atoms with van der Waals surface area (Å²) in [6.07, 6.45) is 2.92. The molecular formula is C19H25NO2S. The third kappa shape index (κ3) is 4.34. The molecular weight excluding hydrogens is 306 g/mol. The van der Waals surface area contributed by atoms with Gasteiger partial charge in [-0.15, -0.1) is 11.3 Å². The van der Waals surface area contributed by atoms with Crippen LogP contribution in [0.4, 0.5) is 0 Å². The van der Waals surface area contributed by atoms with Gasteiger partial charge in [-0.2, -0.15) is 0 Å². The molecule has 4 heteroatoms. The number of nitrogens with one attached hydrogen (secondary N) is 1. The first kappa shape index (κ1) is 16.5. The van der Waals surface area contributed by atoms with E-state index in [0.29, 0.717) is 12.0 Å². The maximum Gasteiger partial charge on any atom is 0.118 e. The monoisotopic (exact) mass is 331 g/mol. The number of benzene rings is 1. The third-order valence-corrected chi connectivity index (χ3v) is 5.45. The van der Waals surface area contributed by atoms with Gasteiger partial charge in [0.1, 0.15) is 5.75 Å². The van der Waals surface area contributed by atoms with Gasteiger partial charge in [0.05, 0.1) is 13.2 Å². The van der Waals surface area contributed by atoms with E-state index in [1.165, 1.54) is 18.4 Å². The normalized spacial score (nSPS) is 18.4. The minimum atomic E-state index is -0.381. The molecule has 1 aliphatic rings. The standard InChI is InChI=1S/C19H25NO2S/c1-13(12-17(21)18-4-3-11-23-18)20-19(14-5-6-14)15-7-9-16(22-2)10-8-15/h3-4,7-11,13-14,17,19-21H,5-6,12H2,1-2H3. The molecule has 2 N–H and O–H groups in total. The first-order valence-corrected chi connectivity index (χ1v) is 9.17. The van der Waals surface area contributed by atoms with E-state index in [9.17, 15) is 5.11 Å². The molecule has 1 fully saturated rings. The summed E-state index contributed by atoms with van der Waals surface area (Å²) in [5, 5.41) is 16.1. The highest BCUT2D eigenvalue weighted by atomic mass is 32.1. The lowest BCUT2D eigenvalue weighted by molar-refractivity contribution is 0.154. The van der Waals surface area contributed by atoms with Gasteiger partial charge in [-0.25, -0.2) is 0 Å². The molecule has 0 saturated heterocycles. The topological polar surface area (TPSA) is 41.5 Å². The summed E-state index contributed by atoms with van der Waals surface area (Å²) in [5.41, 5.74) is 1.31. The summed E-state index contributed by atoms with van der Waals surface area (Å²) in [5.74, 6) is 1.61. The zero-order chi connectivity index (χ0) is 16.2. The first-order valence-electron chi connectivity index (χ1n) is 8.29. The van der Waals surface area contributed by atoms with Gasteiger partial charge in [0.15, 0.2) is 0 Å². The summed E-state index contributed by atoms with van der Waals surface area (Å²) in [7, 11) is 1.69. The highest BCUT2D eigenvalue weighted by Crippen LogP contribution is 2.41. The molecule has 1 aromatic heterocycles. The van der Waals surface area contributed by atoms with Gasteiger partial charge in [0.2, 0.25) is 0 Å². The van der Waals surface area contributed by atoms with E-state index in [4.69, 9.17) is 4.74 Å². The molecule has 3 rings (SSSR count). The fourth-order valence-corrected chi connectivity index (χ4v) is 3.78. The number of aliphatic hydroxyl groups is 1. The van der Waals surface area contributed by atoms with Gasteiger partial charge in [0.25, 0.3) is 0 Å². The lowest BCUT2D eigenvalue weighted by Gasteiger charge is -2.25. The molecule has 0 radical (unpaired) electrons. The number of ether oxygens (including phenoxy) is 1. The number of thiophene rings is 1. The third-order valence-electron chi connectivity index (χ3n) is 4.48. The first-order chi connectivity index (χ1) is 11.2. The van der Waals surface area contributed by atoms with Crippen LogP contribution in [-0.2, 0) is 0 Å². The highest BCUT2D eigenvalue weighted by Gasteiger charge is 2.33. The lowest BCUT2D eigenvalue weighted by Crippen LogP contribution is -2.33. The van der Waals surface area contributed by atoms with Crippen molar-refractivity contribution in [1.82, 2.24) is 5.32 Å². The van der Waals surface area contributed by atoms with Crippen LogP contribution in [0.15, 0.2) is 41.8 Å². The molecule has 23 heavy (non-hydrogen) atoms. The molecule has 3 nitrogen and oxygen atoms in total. The molecule has 3 unspecified atom stereocenters. The smallest absolute Gasteiger partial charge is 0.118 e. The molecule has 3 atom stereocenters. The van der Waals surface area contributed by atoms with Crippen LogP contribution < -0.4 is 10.1 Å². The van der Waals surface area contributed by atoms with Gasteiger partial charge in [-0.3, -0.25) is 0 Å². The Morgan fingerprint density at radius 2 is 2.00 bits per heavy atom. The zero-order valence-corrected chi connectivity index (χ0v) is 14.6. The molecule has 1 heterocycles. The largest absolute Gasteiger partial charge is 0.497 e. The SMILES string of the molecule is COc1ccc(C(NC(C)CC(O)c2cccs2)C2CC2)cc1. The van der Waals surface area contributed by atoms with Crippen molar-refractivity contribution in [3.63, 3.8) is 0 Å². The van der Waals surface area contributed by atoms with Crippen LogP contribution in [0, 0.1) is 5.92 Å². The van der Waals surface area contributed by atoms with Gasteiger partial charge in [-0.05, 0) is 61.2 Å². The molecule has 1 aromatic carbocycles. The molecule has 2 aromatic rings. The van der Waals surface area contributed by atoms with Gasteiger partial charge in [0, 0.05) is 17.0 Å². The average Bonchev–Trinajstić information content (AvgIpc) is 3.25. The quantitative estimate of drug-likeness (QED) is 0.757. The Morgan fingerprint density at radius 1 is 1.26 bits per heavy atom. The summed E-state index contributed by atoms with van der Waals surface area (Å²) < 4.78 is 5.25. The Morgan fingerprint density at radius 3 is 2.57 bits per heavy atom. The Hall–Kier alpha value is -1.36. The van der Waals surface area contributed by atoms with Gasteiger partial charge in [-0.1, -0.05) is 18.2 Å². The number of hydrogen-bond acceptors (Lipinski definition) is 4. The number of methoxy groups -OCH3 is 1. The van der Waals surface area contributed by atoms with Crippen LogP contribution in [0.3, 0.4) is 0 Å². The second-order valence-corrected chi connectivity index (χ2v) is 7.40. The van der Waals surface area contributed by atoms with E-state index in [0.717, 1.165) is 17.0 Å². The van der Waals surface area contributed by atoms with Crippen LogP contribution in [0.25, 0.3) is 0 Å². The number of aliphatic hydroxyl groups excluding tert-OH is 1. The molecule has 1 aliphatic carbocycles. The molecule has 1 saturated carbocycles. The predicted molar refractivity (Wildman–Crippen MR) is 95.0 cm³/mol. The number of rotatable bonds is 8. The second-order valence-electron chi connectivity index (χ2n) is 6.42. The van der Waals surface area contributed by atoms with E-state index in [2.05, 4.69) is 24.4 Å². The van der Waals surface area contributed by atoms with Gasteiger partial charge < -0.3 is 15.2 Å². The summed E-state index contributed by atoms with van der Waals surface area (Å²) >= 11 is 1.62. The van der Waals surface area contributed by atoms with Gasteiger partial charge >= 0.3 is 0 Å². The molecule has 0 spiro atoms. The van der Waals surface area contributed by atoms with Crippen LogP contribution in [-0.4, -0.2) is 18.3 Å². The summed E-state index contributed by atoms with van der Waals surface area (Å²) in [6.45, 7) is 2.16. The van der Waals surface area contributed by atoms with E-state index >= 15 is 0 Å². The Kier molecular flexibility index (Phi) is 5.36. The van der Waals surface area contributed by atoms with Crippen molar-refractivity contribution < 1.29 is 9.84 Å². The Balaban J connectivity index is 1.62. The summed E-state index contributed by atoms with van der Waals surface area (Å²) in [6, 6.07) is 13.0. The Labute approximate surface area is 142 Å². The van der Waals surface area contributed by atoms with Crippen molar-refractivity contribution in [2.24, 2.45) is 5.92 Å². The Bertz CT molecular complexity index is 592. The summed E-state index contributed by atoms with van der Waals surface area (Å²) in [4.78, 5) is 1.05. The minimum Gasteiger partial charge on any atom is -0.497 e. The van der Waals surface area contributed by atoms with Crippen LogP contribution >= 0.6 is 11.3 Å². The molecule has 0 amide bonds. The van der Waals surface area contributed by atoms with E-state index in [1.807, 2.05) is 29.6 Å². The van der Waals surface area contributed by atoms with Crippen molar-refractivity contribution in [2.75, 3.05) is 7.11 Å². The molecule has 0 bridgehead atoms. The lowest BCUT2D eigenvalue weighted by atomic mass is 10.00. The minimum absolute atomic E-state index is 0.264. The highest BCUT2D eigenvalue weighted by molar-refractivity contribution is 7.10. The van der Waals surface area contributed by atoms with Crippen molar-refractivity contribution >= 4 is 11.3 Å². The predicted octanol–water partition coefficient (Wildman–Crippen LogP) is 4.31. The maximum absolute atomic E-state index is 10.3. The van der Waals surface area contributed by atoms with Crippen molar-refractivity contribution in [2.45, 2.75) is 44.4 Å².